The van der Waals surface area contributed by atoms with Crippen molar-refractivity contribution < 1.29 is 26.7 Å². The number of allylic oxidation sites excluding steroid dienone is 1. The molecule has 1 saturated carbocycles. The molecule has 1 aromatic heterocycles. The van der Waals surface area contributed by atoms with Gasteiger partial charge >= 0.3 is 6.18 Å². The number of primary amides is 1. The van der Waals surface area contributed by atoms with Crippen molar-refractivity contribution >= 4 is 5.91 Å². The molecule has 1 heterocycles. The van der Waals surface area contributed by atoms with E-state index < -0.39 is 53.3 Å². The molecule has 3 rings (SSSR count). The van der Waals surface area contributed by atoms with Crippen molar-refractivity contribution in [2.45, 2.75) is 24.6 Å². The topological polar surface area (TPSA) is 60.9 Å². The van der Waals surface area contributed by atoms with E-state index in [1.807, 2.05) is 0 Å². The number of halogens is 5. The van der Waals surface area contributed by atoms with Crippen molar-refractivity contribution in [1.29, 1.82) is 0 Å². The summed E-state index contributed by atoms with van der Waals surface area (Å²) in [4.78, 5) is 10.8. The van der Waals surface area contributed by atoms with Crippen LogP contribution in [0.25, 0.3) is 0 Å². The van der Waals surface area contributed by atoms with Gasteiger partial charge in [0.1, 0.15) is 12.2 Å². The van der Waals surface area contributed by atoms with E-state index in [9.17, 15) is 26.7 Å². The largest absolute Gasteiger partial charge is 0.435 e. The fraction of sp³-hybridized carbons (Fsp3) is 0.455. The molecule has 0 aliphatic heterocycles. The number of carbonyl (C=O) groups is 1. The average molecular weight is 293 g/mol. The van der Waals surface area contributed by atoms with Crippen molar-refractivity contribution in [3.8, 4) is 0 Å². The van der Waals surface area contributed by atoms with E-state index in [0.717, 1.165) is 0 Å². The molecule has 1 fully saturated rings. The van der Waals surface area contributed by atoms with Gasteiger partial charge in [-0.15, -0.1) is 0 Å². The second kappa shape index (κ2) is 3.39. The van der Waals surface area contributed by atoms with Crippen LogP contribution < -0.4 is 5.73 Å². The summed E-state index contributed by atoms with van der Waals surface area (Å²) in [5.41, 5.74) is 2.09. The van der Waals surface area contributed by atoms with Crippen LogP contribution in [0.15, 0.2) is 12.2 Å². The first-order valence-corrected chi connectivity index (χ1v) is 5.60. The standard InChI is InChI=1S/C11H8F5N3O/c1-3-5-6-8(11(14,15)16)18-19(2-4(17)20)9(6)10(12,13)7(3)5/h5,7H,1-2H2,(H2,17,20). The van der Waals surface area contributed by atoms with E-state index in [1.165, 1.54) is 0 Å². The lowest BCUT2D eigenvalue weighted by atomic mass is 10.1. The number of alkyl halides is 5. The second-order valence-electron chi connectivity index (χ2n) is 4.89. The number of rotatable bonds is 2. The second-order valence-corrected chi connectivity index (χ2v) is 4.89. The van der Waals surface area contributed by atoms with Crippen molar-refractivity contribution in [2.24, 2.45) is 11.7 Å². The molecule has 2 atom stereocenters. The molecular formula is C11H8F5N3O. The van der Waals surface area contributed by atoms with Crippen molar-refractivity contribution in [2.75, 3.05) is 0 Å². The number of hydrogen-bond donors (Lipinski definition) is 1. The Morgan fingerprint density at radius 2 is 2.05 bits per heavy atom. The molecule has 20 heavy (non-hydrogen) atoms. The summed E-state index contributed by atoms with van der Waals surface area (Å²) in [5, 5.41) is 3.12. The monoisotopic (exact) mass is 293 g/mol. The first-order valence-electron chi connectivity index (χ1n) is 5.60. The highest BCUT2D eigenvalue weighted by Crippen LogP contribution is 2.71. The van der Waals surface area contributed by atoms with E-state index in [1.54, 1.807) is 0 Å². The fourth-order valence-electron chi connectivity index (χ4n) is 2.85. The third kappa shape index (κ3) is 1.46. The van der Waals surface area contributed by atoms with Gasteiger partial charge in [-0.2, -0.15) is 27.1 Å². The van der Waals surface area contributed by atoms with Crippen LogP contribution in [0.1, 0.15) is 22.9 Å². The number of fused-ring (bicyclic) bond motifs is 3. The Kier molecular flexibility index (Phi) is 2.21. The minimum absolute atomic E-state index is 0.0617. The van der Waals surface area contributed by atoms with Gasteiger partial charge < -0.3 is 5.73 Å². The Balaban J connectivity index is 2.23. The van der Waals surface area contributed by atoms with E-state index >= 15 is 0 Å². The summed E-state index contributed by atoms with van der Waals surface area (Å²) < 4.78 is 67.2. The van der Waals surface area contributed by atoms with E-state index in [2.05, 4.69) is 11.7 Å². The van der Waals surface area contributed by atoms with E-state index in [-0.39, 0.29) is 5.57 Å². The molecule has 0 radical (unpaired) electrons. The first-order chi connectivity index (χ1) is 9.06. The molecule has 4 nitrogen and oxygen atoms in total. The molecule has 108 valence electrons. The van der Waals surface area contributed by atoms with E-state index in [4.69, 9.17) is 5.73 Å². The number of amides is 1. The highest BCUT2D eigenvalue weighted by atomic mass is 19.4. The Hall–Kier alpha value is -1.93. The zero-order valence-corrected chi connectivity index (χ0v) is 9.84. The van der Waals surface area contributed by atoms with Crippen LogP contribution in [0.5, 0.6) is 0 Å². The highest BCUT2D eigenvalue weighted by molar-refractivity contribution is 5.74. The molecule has 1 amide bonds. The zero-order chi connectivity index (χ0) is 15.0. The van der Waals surface area contributed by atoms with Crippen LogP contribution in [0.2, 0.25) is 0 Å². The van der Waals surface area contributed by atoms with Crippen molar-refractivity contribution in [3.05, 3.63) is 29.1 Å². The first kappa shape index (κ1) is 13.1. The summed E-state index contributed by atoms with van der Waals surface area (Å²) >= 11 is 0. The van der Waals surface area contributed by atoms with Gasteiger partial charge in [0.2, 0.25) is 5.91 Å². The molecule has 2 unspecified atom stereocenters. The lowest BCUT2D eigenvalue weighted by Crippen LogP contribution is -2.26. The Labute approximate surface area is 109 Å². The van der Waals surface area contributed by atoms with Gasteiger partial charge in [-0.1, -0.05) is 12.2 Å². The zero-order valence-electron chi connectivity index (χ0n) is 9.84. The van der Waals surface area contributed by atoms with Crippen molar-refractivity contribution in [3.63, 3.8) is 0 Å². The number of nitrogens with two attached hydrogens (primary N) is 1. The third-order valence-electron chi connectivity index (χ3n) is 3.60. The quantitative estimate of drug-likeness (QED) is 0.667. The van der Waals surface area contributed by atoms with Gasteiger partial charge in [-0.05, 0) is 0 Å². The maximum absolute atomic E-state index is 14.1. The molecule has 0 bridgehead atoms. The summed E-state index contributed by atoms with van der Waals surface area (Å²) in [6.07, 6.45) is -4.87. The molecule has 2 N–H and O–H groups in total. The molecule has 2 aliphatic rings. The molecular weight excluding hydrogens is 285 g/mol. The van der Waals surface area contributed by atoms with Crippen LogP contribution in [0.3, 0.4) is 0 Å². The molecule has 1 aromatic rings. The van der Waals surface area contributed by atoms with Gasteiger partial charge in [-0.3, -0.25) is 9.48 Å². The SMILES string of the molecule is C=C1C2c3c(C(F)(F)F)nn(CC(N)=O)c3C(F)(F)C12. The van der Waals surface area contributed by atoms with Gasteiger partial charge in [0, 0.05) is 11.5 Å². The summed E-state index contributed by atoms with van der Waals surface area (Å²) in [6.45, 7) is 2.54. The lowest BCUT2D eigenvalue weighted by molar-refractivity contribution is -0.142. The molecule has 0 spiro atoms. The summed E-state index contributed by atoms with van der Waals surface area (Å²) in [6, 6.07) is 0. The fourth-order valence-corrected chi connectivity index (χ4v) is 2.85. The van der Waals surface area contributed by atoms with Crippen LogP contribution in [-0.4, -0.2) is 15.7 Å². The van der Waals surface area contributed by atoms with E-state index in [0.29, 0.717) is 4.68 Å². The van der Waals surface area contributed by atoms with Crippen molar-refractivity contribution in [1.82, 2.24) is 9.78 Å². The maximum Gasteiger partial charge on any atom is 0.435 e. The minimum Gasteiger partial charge on any atom is -0.368 e. The van der Waals surface area contributed by atoms with Gasteiger partial charge in [0.25, 0.3) is 5.92 Å². The van der Waals surface area contributed by atoms with Crippen LogP contribution in [-0.2, 0) is 23.4 Å². The Bertz CT molecular complexity index is 645. The normalized spacial score (nSPS) is 26.4. The van der Waals surface area contributed by atoms with Gasteiger partial charge in [0.15, 0.2) is 5.69 Å². The molecule has 0 saturated heterocycles. The molecule has 9 heteroatoms. The predicted molar refractivity (Wildman–Crippen MR) is 55.7 cm³/mol. The third-order valence-corrected chi connectivity index (χ3v) is 3.60. The van der Waals surface area contributed by atoms with Crippen LogP contribution in [0.4, 0.5) is 22.0 Å². The number of aromatic nitrogens is 2. The number of hydrogen-bond acceptors (Lipinski definition) is 2. The smallest absolute Gasteiger partial charge is 0.368 e. The van der Waals surface area contributed by atoms with Crippen LogP contribution in [0, 0.1) is 5.92 Å². The Morgan fingerprint density at radius 3 is 2.55 bits per heavy atom. The maximum atomic E-state index is 14.1. The highest BCUT2D eigenvalue weighted by Gasteiger charge is 2.70. The average Bonchev–Trinajstić information content (AvgIpc) is 2.66. The predicted octanol–water partition coefficient (Wildman–Crippen LogP) is 1.76. The molecule has 0 aromatic carbocycles. The van der Waals surface area contributed by atoms with Gasteiger partial charge in [-0.25, -0.2) is 0 Å². The summed E-state index contributed by atoms with van der Waals surface area (Å²) in [7, 11) is 0. The van der Waals surface area contributed by atoms with Crippen LogP contribution >= 0.6 is 0 Å². The number of carbonyl (C=O) groups excluding carboxylic acids is 1. The minimum atomic E-state index is -4.87. The number of nitrogens with zero attached hydrogens (tertiary/aromatic N) is 2. The Morgan fingerprint density at radius 1 is 1.45 bits per heavy atom. The summed E-state index contributed by atoms with van der Waals surface area (Å²) in [5.74, 6) is -6.93. The van der Waals surface area contributed by atoms with Gasteiger partial charge in [0.05, 0.1) is 5.92 Å². The molecule has 2 aliphatic carbocycles. The lowest BCUT2D eigenvalue weighted by Gasteiger charge is -2.14.